The predicted octanol–water partition coefficient (Wildman–Crippen LogP) is 3.98. The molecule has 0 fully saturated rings. The van der Waals surface area contributed by atoms with Gasteiger partial charge in [-0.2, -0.15) is 0 Å². The van der Waals surface area contributed by atoms with Crippen molar-refractivity contribution in [3.63, 3.8) is 0 Å². The lowest BCUT2D eigenvalue weighted by molar-refractivity contribution is 0.0526. The maximum atomic E-state index is 11.8. The van der Waals surface area contributed by atoms with Crippen LogP contribution in [0.15, 0.2) is 48.5 Å². The summed E-state index contributed by atoms with van der Waals surface area (Å²) in [4.78, 5) is 14.1. The van der Waals surface area contributed by atoms with Gasteiger partial charge >= 0.3 is 5.97 Å². The van der Waals surface area contributed by atoms with E-state index in [9.17, 15) is 4.79 Å². The number of carbonyl (C=O) groups is 1. The van der Waals surface area contributed by atoms with Crippen LogP contribution in [0, 0.1) is 6.92 Å². The summed E-state index contributed by atoms with van der Waals surface area (Å²) in [5, 5.41) is 6.85. The normalized spacial score (nSPS) is 10.2. The molecule has 0 saturated heterocycles. The van der Waals surface area contributed by atoms with E-state index in [4.69, 9.17) is 17.0 Å². The number of esters is 1. The maximum absolute atomic E-state index is 11.8. The van der Waals surface area contributed by atoms with Gasteiger partial charge in [0.1, 0.15) is 0 Å². The molecule has 0 aliphatic rings. The Morgan fingerprint density at radius 2 is 1.89 bits per heavy atom. The minimum Gasteiger partial charge on any atom is -0.462 e. The summed E-state index contributed by atoms with van der Waals surface area (Å²) in [6.07, 6.45) is 0. The fourth-order valence-electron chi connectivity index (χ4n) is 2.64. The first kappa shape index (κ1) is 20.7. The zero-order valence-electron chi connectivity index (χ0n) is 16.1. The number of ether oxygens (including phenoxy) is 1. The first-order valence-electron chi connectivity index (χ1n) is 9.17. The van der Waals surface area contributed by atoms with Crippen molar-refractivity contribution < 1.29 is 9.53 Å². The molecule has 27 heavy (non-hydrogen) atoms. The number of likely N-dealkylation sites (N-methyl/N-ethyl adjacent to an activating group) is 1. The van der Waals surface area contributed by atoms with E-state index in [1.54, 1.807) is 25.1 Å². The van der Waals surface area contributed by atoms with Crippen LogP contribution in [0.5, 0.6) is 0 Å². The predicted molar refractivity (Wildman–Crippen MR) is 116 cm³/mol. The summed E-state index contributed by atoms with van der Waals surface area (Å²) in [6.45, 7) is 8.84. The Kier molecular flexibility index (Phi) is 8.07. The summed E-state index contributed by atoms with van der Waals surface area (Å²) >= 11 is 5.36. The monoisotopic (exact) mass is 385 g/mol. The van der Waals surface area contributed by atoms with Crippen LogP contribution in [0.4, 0.5) is 11.4 Å². The third-order valence-corrected chi connectivity index (χ3v) is 4.33. The van der Waals surface area contributed by atoms with E-state index in [-0.39, 0.29) is 5.97 Å². The molecule has 2 aromatic carbocycles. The van der Waals surface area contributed by atoms with Crippen LogP contribution >= 0.6 is 12.2 Å². The lowest BCUT2D eigenvalue weighted by Gasteiger charge is -2.24. The Morgan fingerprint density at radius 1 is 1.15 bits per heavy atom. The van der Waals surface area contributed by atoms with Crippen molar-refractivity contribution in [3.8, 4) is 0 Å². The number of nitrogens with one attached hydrogen (secondary N) is 2. The first-order chi connectivity index (χ1) is 13.0. The van der Waals surface area contributed by atoms with Gasteiger partial charge in [-0.1, -0.05) is 23.8 Å². The van der Waals surface area contributed by atoms with Gasteiger partial charge in [-0.25, -0.2) is 4.79 Å². The van der Waals surface area contributed by atoms with Gasteiger partial charge in [0.05, 0.1) is 12.2 Å². The zero-order valence-corrected chi connectivity index (χ0v) is 16.9. The second-order valence-corrected chi connectivity index (χ2v) is 6.51. The van der Waals surface area contributed by atoms with Crippen LogP contribution in [-0.4, -0.2) is 37.3 Å². The Bertz CT molecular complexity index is 762. The van der Waals surface area contributed by atoms with Crippen molar-refractivity contribution >= 4 is 34.7 Å². The van der Waals surface area contributed by atoms with Crippen molar-refractivity contribution in [2.75, 3.05) is 36.5 Å². The van der Waals surface area contributed by atoms with Gasteiger partial charge in [0, 0.05) is 31.0 Å². The number of carbonyl (C=O) groups excluding carboxylic acids is 1. The molecular formula is C21H27N3O2S. The van der Waals surface area contributed by atoms with Crippen molar-refractivity contribution in [1.29, 1.82) is 0 Å². The summed E-state index contributed by atoms with van der Waals surface area (Å²) in [7, 11) is 0. The van der Waals surface area contributed by atoms with Gasteiger partial charge < -0.3 is 20.3 Å². The SMILES string of the molecule is CCOC(=O)c1cccc(NC(=S)NCCN(CC)c2ccc(C)cc2)c1. The average Bonchev–Trinajstić information content (AvgIpc) is 2.66. The molecule has 2 rings (SSSR count). The van der Waals surface area contributed by atoms with E-state index < -0.39 is 0 Å². The van der Waals surface area contributed by atoms with E-state index >= 15 is 0 Å². The fourth-order valence-corrected chi connectivity index (χ4v) is 2.86. The highest BCUT2D eigenvalue weighted by Gasteiger charge is 2.08. The van der Waals surface area contributed by atoms with Gasteiger partial charge in [-0.3, -0.25) is 0 Å². The fraction of sp³-hybridized carbons (Fsp3) is 0.333. The Morgan fingerprint density at radius 3 is 2.56 bits per heavy atom. The summed E-state index contributed by atoms with van der Waals surface area (Å²) in [5.41, 5.74) is 3.71. The maximum Gasteiger partial charge on any atom is 0.338 e. The molecule has 0 atom stereocenters. The molecule has 2 N–H and O–H groups in total. The summed E-state index contributed by atoms with van der Waals surface area (Å²) in [6, 6.07) is 15.6. The molecular weight excluding hydrogens is 358 g/mol. The summed E-state index contributed by atoms with van der Waals surface area (Å²) in [5.74, 6) is -0.336. The van der Waals surface area contributed by atoms with E-state index in [0.717, 1.165) is 18.8 Å². The van der Waals surface area contributed by atoms with E-state index in [0.29, 0.717) is 23.8 Å². The van der Waals surface area contributed by atoms with Crippen LogP contribution in [0.1, 0.15) is 29.8 Å². The molecule has 0 spiro atoms. The molecule has 2 aromatic rings. The molecule has 0 unspecified atom stereocenters. The van der Waals surface area contributed by atoms with E-state index in [1.165, 1.54) is 11.3 Å². The summed E-state index contributed by atoms with van der Waals surface area (Å²) < 4.78 is 5.02. The topological polar surface area (TPSA) is 53.6 Å². The molecule has 0 aliphatic carbocycles. The molecule has 0 bridgehead atoms. The Hall–Kier alpha value is -2.60. The third-order valence-electron chi connectivity index (χ3n) is 4.08. The average molecular weight is 386 g/mol. The number of benzene rings is 2. The molecule has 0 amide bonds. The number of rotatable bonds is 8. The van der Waals surface area contributed by atoms with Crippen LogP contribution in [0.3, 0.4) is 0 Å². The van der Waals surface area contributed by atoms with Gasteiger partial charge in [0.15, 0.2) is 5.11 Å². The van der Waals surface area contributed by atoms with Crippen LogP contribution in [0.25, 0.3) is 0 Å². The minimum atomic E-state index is -0.336. The van der Waals surface area contributed by atoms with Crippen molar-refractivity contribution in [2.24, 2.45) is 0 Å². The van der Waals surface area contributed by atoms with E-state index in [2.05, 4.69) is 53.6 Å². The van der Waals surface area contributed by atoms with Crippen LogP contribution in [-0.2, 0) is 4.74 Å². The molecule has 0 radical (unpaired) electrons. The molecule has 0 saturated carbocycles. The molecule has 0 aromatic heterocycles. The van der Waals surface area contributed by atoms with Crippen LogP contribution < -0.4 is 15.5 Å². The molecule has 6 heteroatoms. The number of hydrogen-bond acceptors (Lipinski definition) is 4. The highest BCUT2D eigenvalue weighted by atomic mass is 32.1. The molecule has 0 aliphatic heterocycles. The van der Waals surface area contributed by atoms with E-state index in [1.807, 2.05) is 6.07 Å². The number of hydrogen-bond donors (Lipinski definition) is 2. The second-order valence-electron chi connectivity index (χ2n) is 6.10. The van der Waals surface area contributed by atoms with Gasteiger partial charge in [0.2, 0.25) is 0 Å². The lowest BCUT2D eigenvalue weighted by atomic mass is 10.2. The smallest absolute Gasteiger partial charge is 0.338 e. The number of aryl methyl sites for hydroxylation is 1. The first-order valence-corrected chi connectivity index (χ1v) is 9.58. The highest BCUT2D eigenvalue weighted by Crippen LogP contribution is 2.14. The van der Waals surface area contributed by atoms with Gasteiger partial charge in [-0.15, -0.1) is 0 Å². The second kappa shape index (κ2) is 10.5. The van der Waals surface area contributed by atoms with Gasteiger partial charge in [-0.05, 0) is 63.3 Å². The Balaban J connectivity index is 1.84. The van der Waals surface area contributed by atoms with Crippen molar-refractivity contribution in [3.05, 3.63) is 59.7 Å². The zero-order chi connectivity index (χ0) is 19.6. The molecule has 5 nitrogen and oxygen atoms in total. The number of nitrogens with zero attached hydrogens (tertiary/aromatic N) is 1. The Labute approximate surface area is 166 Å². The van der Waals surface area contributed by atoms with Gasteiger partial charge in [0.25, 0.3) is 0 Å². The molecule has 144 valence electrons. The highest BCUT2D eigenvalue weighted by molar-refractivity contribution is 7.80. The number of thiocarbonyl (C=S) groups is 1. The third kappa shape index (κ3) is 6.57. The largest absolute Gasteiger partial charge is 0.462 e. The molecule has 0 heterocycles. The number of anilines is 2. The van der Waals surface area contributed by atoms with Crippen molar-refractivity contribution in [1.82, 2.24) is 5.32 Å². The quantitative estimate of drug-likeness (QED) is 0.529. The minimum absolute atomic E-state index is 0.336. The lowest BCUT2D eigenvalue weighted by Crippen LogP contribution is -2.36. The standard InChI is InChI=1S/C21H27N3O2S/c1-4-24(19-11-9-16(3)10-12-19)14-13-22-21(27)23-18-8-6-7-17(15-18)20(25)26-5-2/h6-12,15H,4-5,13-14H2,1-3H3,(H2,22,23,27). The van der Waals surface area contributed by atoms with Crippen molar-refractivity contribution in [2.45, 2.75) is 20.8 Å². The van der Waals surface area contributed by atoms with Crippen LogP contribution in [0.2, 0.25) is 0 Å².